The Morgan fingerprint density at radius 1 is 0.415 bits per heavy atom. The maximum atomic E-state index is 6.93. The van der Waals surface area contributed by atoms with Crippen LogP contribution in [0.2, 0.25) is 0 Å². The van der Waals surface area contributed by atoms with Crippen molar-refractivity contribution in [3.05, 3.63) is 245 Å². The SMILES string of the molecule is Cc1cc2c(cc1-c1ccccc1Cc1cccc(-c3nc(-c4ccccc4)nc(-c4cccc5oc6ccccc6c45)n3)c1)Oc1ccccc1C21c2ccccc2-c2ccccc21. The van der Waals surface area contributed by atoms with Crippen molar-refractivity contribution in [3.8, 4) is 67.9 Å². The zero-order chi connectivity index (χ0) is 43.1. The Bertz CT molecular complexity index is 3650. The Labute approximate surface area is 376 Å². The lowest BCUT2D eigenvalue weighted by Crippen LogP contribution is -2.32. The molecule has 0 N–H and O–H groups in total. The van der Waals surface area contributed by atoms with Gasteiger partial charge in [-0.3, -0.25) is 0 Å². The molecule has 0 unspecified atom stereocenters. The summed E-state index contributed by atoms with van der Waals surface area (Å²) in [5.74, 6) is 3.59. The standard InChI is InChI=1S/C60H39N3O2/c1-37-33-51-55(65-53-31-14-12-29-50(53)60(51)48-27-10-7-23-43(48)44-24-8-11-28-49(44)60)36-47(37)42-22-6-5-20-40(42)34-38-17-15-21-41(35-38)58-61-57(39-18-3-2-4-19-39)62-59(63-58)46-26-16-32-54-56(46)45-25-9-13-30-52(45)64-54/h2-33,35-36H,34H2,1H3. The minimum Gasteiger partial charge on any atom is -0.457 e. The van der Waals surface area contributed by atoms with Gasteiger partial charge in [0.1, 0.15) is 22.7 Å². The number of ether oxygens (including phenoxy) is 1. The van der Waals surface area contributed by atoms with E-state index in [0.717, 1.165) is 61.3 Å². The fourth-order valence-corrected chi connectivity index (χ4v) is 10.6. The van der Waals surface area contributed by atoms with Gasteiger partial charge in [0.2, 0.25) is 0 Å². The third-order valence-corrected chi connectivity index (χ3v) is 13.4. The summed E-state index contributed by atoms with van der Waals surface area (Å²) in [7, 11) is 0. The van der Waals surface area contributed by atoms with Crippen molar-refractivity contribution in [2.75, 3.05) is 0 Å². The molecule has 1 spiro atoms. The first-order valence-corrected chi connectivity index (χ1v) is 22.1. The van der Waals surface area contributed by atoms with E-state index in [9.17, 15) is 0 Å². The molecule has 13 rings (SSSR count). The second kappa shape index (κ2) is 14.6. The Hall–Kier alpha value is -8.41. The van der Waals surface area contributed by atoms with Crippen molar-refractivity contribution in [1.29, 1.82) is 0 Å². The van der Waals surface area contributed by atoms with Crippen LogP contribution in [0.25, 0.3) is 78.4 Å². The minimum atomic E-state index is -0.505. The number of hydrogen-bond donors (Lipinski definition) is 0. The third-order valence-electron chi connectivity index (χ3n) is 13.4. The fourth-order valence-electron chi connectivity index (χ4n) is 10.6. The lowest BCUT2D eigenvalue weighted by molar-refractivity contribution is 0.436. The quantitative estimate of drug-likeness (QED) is 0.167. The van der Waals surface area contributed by atoms with Crippen LogP contribution in [-0.4, -0.2) is 15.0 Å². The molecule has 0 radical (unpaired) electrons. The first-order valence-electron chi connectivity index (χ1n) is 22.1. The summed E-state index contributed by atoms with van der Waals surface area (Å²) in [5, 5.41) is 2.02. The highest BCUT2D eigenvalue weighted by Crippen LogP contribution is 2.62. The summed E-state index contributed by atoms with van der Waals surface area (Å²) < 4.78 is 13.2. The zero-order valence-electron chi connectivity index (χ0n) is 35.5. The van der Waals surface area contributed by atoms with E-state index < -0.39 is 5.41 Å². The molecular weight excluding hydrogens is 795 g/mol. The number of benzene rings is 9. The molecule has 65 heavy (non-hydrogen) atoms. The van der Waals surface area contributed by atoms with E-state index in [1.165, 1.54) is 50.1 Å². The van der Waals surface area contributed by atoms with E-state index in [-0.39, 0.29) is 0 Å². The van der Waals surface area contributed by atoms with Crippen LogP contribution >= 0.6 is 0 Å². The van der Waals surface area contributed by atoms with Crippen molar-refractivity contribution in [3.63, 3.8) is 0 Å². The van der Waals surface area contributed by atoms with E-state index >= 15 is 0 Å². The Balaban J connectivity index is 0.913. The summed E-state index contributed by atoms with van der Waals surface area (Å²) in [5.41, 5.74) is 17.2. The Morgan fingerprint density at radius 2 is 1.02 bits per heavy atom. The van der Waals surface area contributed by atoms with Crippen LogP contribution in [0.3, 0.4) is 0 Å². The molecule has 5 nitrogen and oxygen atoms in total. The number of para-hydroxylation sites is 2. The number of rotatable bonds is 6. The summed E-state index contributed by atoms with van der Waals surface area (Å²) >= 11 is 0. The van der Waals surface area contributed by atoms with E-state index in [0.29, 0.717) is 23.9 Å². The topological polar surface area (TPSA) is 61.0 Å². The van der Waals surface area contributed by atoms with Crippen molar-refractivity contribution < 1.29 is 9.15 Å². The molecule has 2 aromatic heterocycles. The normalized spacial score (nSPS) is 13.0. The monoisotopic (exact) mass is 833 g/mol. The molecule has 0 atom stereocenters. The molecule has 0 amide bonds. The number of aryl methyl sites for hydroxylation is 1. The first kappa shape index (κ1) is 37.2. The third kappa shape index (κ3) is 5.75. The van der Waals surface area contributed by atoms with Crippen LogP contribution in [0, 0.1) is 6.92 Å². The van der Waals surface area contributed by atoms with Crippen LogP contribution in [0.15, 0.2) is 211 Å². The van der Waals surface area contributed by atoms with Crippen molar-refractivity contribution in [2.24, 2.45) is 0 Å². The van der Waals surface area contributed by atoms with Crippen molar-refractivity contribution in [1.82, 2.24) is 15.0 Å². The second-order valence-electron chi connectivity index (χ2n) is 17.1. The smallest absolute Gasteiger partial charge is 0.164 e. The Morgan fingerprint density at radius 3 is 1.83 bits per heavy atom. The van der Waals surface area contributed by atoms with Crippen molar-refractivity contribution in [2.45, 2.75) is 18.8 Å². The fraction of sp³-hybridized carbons (Fsp3) is 0.0500. The molecule has 1 aliphatic heterocycles. The van der Waals surface area contributed by atoms with E-state index in [4.69, 9.17) is 24.1 Å². The first-order chi connectivity index (χ1) is 32.1. The van der Waals surface area contributed by atoms with Crippen LogP contribution in [0.4, 0.5) is 0 Å². The maximum Gasteiger partial charge on any atom is 0.164 e. The second-order valence-corrected chi connectivity index (χ2v) is 17.1. The van der Waals surface area contributed by atoms with Gasteiger partial charge in [0, 0.05) is 38.6 Å². The minimum absolute atomic E-state index is 0.505. The highest BCUT2D eigenvalue weighted by Gasteiger charge is 2.51. The van der Waals surface area contributed by atoms with Crippen LogP contribution in [-0.2, 0) is 11.8 Å². The number of hydrogen-bond acceptors (Lipinski definition) is 5. The number of nitrogens with zero attached hydrogens (tertiary/aromatic N) is 3. The zero-order valence-corrected chi connectivity index (χ0v) is 35.5. The molecule has 11 aromatic rings. The summed E-state index contributed by atoms with van der Waals surface area (Å²) in [6.07, 6.45) is 0.707. The molecule has 2 aliphatic rings. The predicted molar refractivity (Wildman–Crippen MR) is 260 cm³/mol. The number of fused-ring (bicyclic) bond motifs is 12. The molecule has 3 heterocycles. The molecule has 306 valence electrons. The van der Waals surface area contributed by atoms with E-state index in [2.05, 4.69) is 153 Å². The highest BCUT2D eigenvalue weighted by molar-refractivity contribution is 6.11. The molecular formula is C60H39N3O2. The number of furan rings is 1. The molecule has 0 saturated heterocycles. The van der Waals surface area contributed by atoms with Gasteiger partial charge in [0.15, 0.2) is 17.5 Å². The van der Waals surface area contributed by atoms with Gasteiger partial charge in [0.05, 0.1) is 5.41 Å². The summed E-state index contributed by atoms with van der Waals surface area (Å²) in [6, 6.07) is 72.7. The van der Waals surface area contributed by atoms with Gasteiger partial charge in [0.25, 0.3) is 0 Å². The average Bonchev–Trinajstić information content (AvgIpc) is 3.89. The van der Waals surface area contributed by atoms with Gasteiger partial charge in [-0.1, -0.05) is 176 Å². The van der Waals surface area contributed by atoms with E-state index in [1.807, 2.05) is 60.7 Å². The molecule has 0 fully saturated rings. The van der Waals surface area contributed by atoms with Gasteiger partial charge >= 0.3 is 0 Å². The average molecular weight is 834 g/mol. The lowest BCUT2D eigenvalue weighted by atomic mass is 9.65. The molecule has 5 heteroatoms. The van der Waals surface area contributed by atoms with E-state index in [1.54, 1.807) is 0 Å². The summed E-state index contributed by atoms with van der Waals surface area (Å²) in [4.78, 5) is 15.4. The van der Waals surface area contributed by atoms with Crippen molar-refractivity contribution >= 4 is 21.9 Å². The summed E-state index contributed by atoms with van der Waals surface area (Å²) in [6.45, 7) is 2.24. The molecule has 0 saturated carbocycles. The maximum absolute atomic E-state index is 6.93. The van der Waals surface area contributed by atoms with Gasteiger partial charge in [-0.2, -0.15) is 0 Å². The highest BCUT2D eigenvalue weighted by atomic mass is 16.5. The van der Waals surface area contributed by atoms with Crippen LogP contribution in [0.5, 0.6) is 11.5 Å². The molecule has 0 bridgehead atoms. The lowest BCUT2D eigenvalue weighted by Gasteiger charge is -2.40. The van der Waals surface area contributed by atoms with Crippen LogP contribution in [0.1, 0.15) is 38.9 Å². The number of aromatic nitrogens is 3. The largest absolute Gasteiger partial charge is 0.457 e. The molecule has 1 aliphatic carbocycles. The van der Waals surface area contributed by atoms with Crippen LogP contribution < -0.4 is 4.74 Å². The van der Waals surface area contributed by atoms with Gasteiger partial charge in [-0.05, 0) is 93.7 Å². The predicted octanol–water partition coefficient (Wildman–Crippen LogP) is 14.8. The van der Waals surface area contributed by atoms with Gasteiger partial charge in [-0.25, -0.2) is 15.0 Å². The Kier molecular flexibility index (Phi) is 8.34. The van der Waals surface area contributed by atoms with Gasteiger partial charge in [-0.15, -0.1) is 0 Å². The van der Waals surface area contributed by atoms with Gasteiger partial charge < -0.3 is 9.15 Å². The molecule has 9 aromatic carbocycles.